The Balaban J connectivity index is 2.70. The van der Waals surface area contributed by atoms with Crippen LogP contribution >= 0.6 is 15.9 Å². The minimum Gasteiger partial charge on any atom is -0.264 e. The van der Waals surface area contributed by atoms with E-state index in [1.165, 1.54) is 12.3 Å². The Kier molecular flexibility index (Phi) is 3.49. The molecule has 0 saturated carbocycles. The molecule has 0 radical (unpaired) electrons. The number of nitro benzene ring substituents is 1. The number of alkyl halides is 1. The molecular weight excluding hydrogens is 284 g/mol. The van der Waals surface area contributed by atoms with Crippen molar-refractivity contribution < 1.29 is 4.92 Å². The predicted octanol–water partition coefficient (Wildman–Crippen LogP) is 3.55. The Labute approximate surface area is 106 Å². The zero-order valence-electron chi connectivity index (χ0n) is 8.84. The summed E-state index contributed by atoms with van der Waals surface area (Å²) in [6.45, 7) is 0. The fourth-order valence-electron chi connectivity index (χ4n) is 1.67. The molecule has 0 aliphatic carbocycles. The van der Waals surface area contributed by atoms with Crippen LogP contribution in [0.25, 0.3) is 16.8 Å². The number of nitrogens with zero attached hydrogens (tertiary/aromatic N) is 2. The molecule has 2 rings (SSSR count). The number of aromatic nitrogens is 1. The Morgan fingerprint density at radius 3 is 2.88 bits per heavy atom. The summed E-state index contributed by atoms with van der Waals surface area (Å²) in [4.78, 5) is 14.4. The van der Waals surface area contributed by atoms with Gasteiger partial charge in [0.05, 0.1) is 10.3 Å². The fraction of sp³-hybridized carbons (Fsp3) is 0.0833. The average Bonchev–Trinajstić information content (AvgIpc) is 2.35. The molecule has 17 heavy (non-hydrogen) atoms. The summed E-state index contributed by atoms with van der Waals surface area (Å²) in [5, 5.41) is 13.0. The zero-order valence-corrected chi connectivity index (χ0v) is 10.4. The second-order valence-electron chi connectivity index (χ2n) is 3.41. The monoisotopic (exact) mass is 292 g/mol. The van der Waals surface area contributed by atoms with Gasteiger partial charge in [-0.1, -0.05) is 28.1 Å². The van der Waals surface area contributed by atoms with Gasteiger partial charge in [0.1, 0.15) is 0 Å². The van der Waals surface area contributed by atoms with Gasteiger partial charge in [-0.3, -0.25) is 15.1 Å². The summed E-state index contributed by atoms with van der Waals surface area (Å²) >= 11 is 3.30. The molecular formula is C12H9BrN2O2. The highest BCUT2D eigenvalue weighted by Crippen LogP contribution is 2.28. The second-order valence-corrected chi connectivity index (χ2v) is 4.06. The normalized spacial score (nSPS) is 11.1. The lowest BCUT2D eigenvalue weighted by atomic mass is 10.0. The third-order valence-electron chi connectivity index (χ3n) is 2.41. The smallest absolute Gasteiger partial charge is 0.264 e. The van der Waals surface area contributed by atoms with Crippen LogP contribution in [0.1, 0.15) is 5.56 Å². The van der Waals surface area contributed by atoms with E-state index in [9.17, 15) is 10.1 Å². The van der Waals surface area contributed by atoms with Crippen molar-refractivity contribution >= 4 is 38.5 Å². The highest BCUT2D eigenvalue weighted by atomic mass is 79.9. The van der Waals surface area contributed by atoms with Crippen LogP contribution < -0.4 is 0 Å². The Bertz CT molecular complexity index is 596. The molecule has 86 valence electrons. The van der Waals surface area contributed by atoms with Crippen molar-refractivity contribution in [1.82, 2.24) is 4.98 Å². The molecule has 1 heterocycles. The van der Waals surface area contributed by atoms with E-state index in [0.29, 0.717) is 5.39 Å². The number of hydrogen-bond acceptors (Lipinski definition) is 3. The van der Waals surface area contributed by atoms with Gasteiger partial charge < -0.3 is 0 Å². The molecule has 0 aliphatic rings. The molecule has 0 saturated heterocycles. The number of rotatable bonds is 3. The summed E-state index contributed by atoms with van der Waals surface area (Å²) in [6.07, 6.45) is 7.04. The lowest BCUT2D eigenvalue weighted by molar-refractivity contribution is -0.383. The Hall–Kier alpha value is -1.75. The highest BCUT2D eigenvalue weighted by molar-refractivity contribution is 9.09. The van der Waals surface area contributed by atoms with Crippen molar-refractivity contribution in [2.75, 3.05) is 5.33 Å². The fourth-order valence-corrected chi connectivity index (χ4v) is 1.86. The highest BCUT2D eigenvalue weighted by Gasteiger charge is 2.12. The van der Waals surface area contributed by atoms with E-state index >= 15 is 0 Å². The van der Waals surface area contributed by atoms with Crippen LogP contribution in [-0.2, 0) is 0 Å². The first kappa shape index (κ1) is 11.7. The maximum Gasteiger partial charge on any atom is 0.278 e. The van der Waals surface area contributed by atoms with Gasteiger partial charge >= 0.3 is 0 Å². The summed E-state index contributed by atoms with van der Waals surface area (Å²) in [6, 6.07) is 5.05. The Morgan fingerprint density at radius 2 is 2.18 bits per heavy atom. The first-order valence-corrected chi connectivity index (χ1v) is 6.10. The van der Waals surface area contributed by atoms with Gasteiger partial charge in [0.25, 0.3) is 5.69 Å². The van der Waals surface area contributed by atoms with Gasteiger partial charge in [-0.25, -0.2) is 0 Å². The number of benzene rings is 1. The zero-order chi connectivity index (χ0) is 12.3. The first-order chi connectivity index (χ1) is 8.24. The van der Waals surface area contributed by atoms with Gasteiger partial charge in [0.2, 0.25) is 0 Å². The van der Waals surface area contributed by atoms with Crippen molar-refractivity contribution in [3.63, 3.8) is 0 Å². The molecule has 0 aliphatic heterocycles. The largest absolute Gasteiger partial charge is 0.278 e. The van der Waals surface area contributed by atoms with E-state index in [2.05, 4.69) is 20.9 Å². The number of nitro groups is 1. The molecule has 0 bridgehead atoms. The van der Waals surface area contributed by atoms with Gasteiger partial charge in [-0.2, -0.15) is 0 Å². The van der Waals surface area contributed by atoms with Crippen molar-refractivity contribution in [2.24, 2.45) is 0 Å². The van der Waals surface area contributed by atoms with E-state index < -0.39 is 0 Å². The molecule has 0 spiro atoms. The SMILES string of the molecule is O=[N+]([O-])c1ccc(C=CCBr)c2ccncc12. The van der Waals surface area contributed by atoms with Crippen LogP contribution in [0.15, 0.2) is 36.7 Å². The number of fused-ring (bicyclic) bond motifs is 1. The van der Waals surface area contributed by atoms with E-state index in [4.69, 9.17) is 0 Å². The van der Waals surface area contributed by atoms with Crippen molar-refractivity contribution in [3.05, 3.63) is 52.3 Å². The average molecular weight is 293 g/mol. The number of halogens is 1. The van der Waals surface area contributed by atoms with E-state index in [0.717, 1.165) is 16.3 Å². The van der Waals surface area contributed by atoms with Crippen LogP contribution in [0.3, 0.4) is 0 Å². The van der Waals surface area contributed by atoms with Crippen molar-refractivity contribution in [3.8, 4) is 0 Å². The minimum absolute atomic E-state index is 0.0871. The third-order valence-corrected chi connectivity index (χ3v) is 2.79. The molecule has 0 N–H and O–H groups in total. The predicted molar refractivity (Wildman–Crippen MR) is 71.2 cm³/mol. The maximum absolute atomic E-state index is 10.9. The van der Waals surface area contributed by atoms with Crippen molar-refractivity contribution in [2.45, 2.75) is 0 Å². The second kappa shape index (κ2) is 5.05. The number of pyridine rings is 1. The first-order valence-electron chi connectivity index (χ1n) is 4.97. The van der Waals surface area contributed by atoms with E-state index in [1.54, 1.807) is 18.3 Å². The molecule has 4 nitrogen and oxygen atoms in total. The van der Waals surface area contributed by atoms with Gasteiger partial charge in [0.15, 0.2) is 0 Å². The van der Waals surface area contributed by atoms with Gasteiger partial charge in [0, 0.05) is 23.8 Å². The third kappa shape index (κ3) is 2.34. The quantitative estimate of drug-likeness (QED) is 0.494. The molecule has 0 unspecified atom stereocenters. The van der Waals surface area contributed by atoms with Crippen LogP contribution in [0.2, 0.25) is 0 Å². The van der Waals surface area contributed by atoms with Crippen LogP contribution in [0, 0.1) is 10.1 Å². The maximum atomic E-state index is 10.9. The summed E-state index contributed by atoms with van der Waals surface area (Å²) in [5.41, 5.74) is 1.04. The minimum atomic E-state index is -0.387. The molecule has 1 aromatic heterocycles. The number of allylic oxidation sites excluding steroid dienone is 1. The number of hydrogen-bond donors (Lipinski definition) is 0. The lowest BCUT2D eigenvalue weighted by Crippen LogP contribution is -1.91. The number of non-ortho nitro benzene ring substituents is 1. The lowest BCUT2D eigenvalue weighted by Gasteiger charge is -2.02. The van der Waals surface area contributed by atoms with Gasteiger partial charge in [-0.05, 0) is 23.1 Å². The summed E-state index contributed by atoms with van der Waals surface area (Å²) in [5.74, 6) is 0. The molecule has 2 aromatic rings. The van der Waals surface area contributed by atoms with Crippen LogP contribution in [0.5, 0.6) is 0 Å². The summed E-state index contributed by atoms with van der Waals surface area (Å²) < 4.78 is 0. The summed E-state index contributed by atoms with van der Waals surface area (Å²) in [7, 11) is 0. The topological polar surface area (TPSA) is 56.0 Å². The molecule has 1 aromatic carbocycles. The van der Waals surface area contributed by atoms with Crippen LogP contribution in [-0.4, -0.2) is 15.2 Å². The van der Waals surface area contributed by atoms with E-state index in [1.807, 2.05) is 12.2 Å². The van der Waals surface area contributed by atoms with Crippen molar-refractivity contribution in [1.29, 1.82) is 0 Å². The van der Waals surface area contributed by atoms with E-state index in [-0.39, 0.29) is 10.6 Å². The molecule has 0 amide bonds. The molecule has 5 heteroatoms. The molecule has 0 fully saturated rings. The standard InChI is InChI=1S/C12H9BrN2O2/c13-6-1-2-9-3-4-12(15(16)17)11-8-14-7-5-10(9)11/h1-5,7-8H,6H2. The molecule has 0 atom stereocenters. The van der Waals surface area contributed by atoms with Gasteiger partial charge in [-0.15, -0.1) is 0 Å². The Morgan fingerprint density at radius 1 is 1.35 bits per heavy atom. The van der Waals surface area contributed by atoms with Crippen LogP contribution in [0.4, 0.5) is 5.69 Å².